The van der Waals surface area contributed by atoms with Gasteiger partial charge in [-0.15, -0.1) is 0 Å². The Balaban J connectivity index is 3.03. The van der Waals surface area contributed by atoms with Crippen molar-refractivity contribution < 1.29 is 10.5 Å². The van der Waals surface area contributed by atoms with Crippen LogP contribution in [0.15, 0.2) is 24.3 Å². The summed E-state index contributed by atoms with van der Waals surface area (Å²) in [5, 5.41) is 0. The molecule has 0 saturated heterocycles. The predicted molar refractivity (Wildman–Crippen MR) is 54.9 cm³/mol. The molecule has 1 aromatic rings. The summed E-state index contributed by atoms with van der Waals surface area (Å²) in [5.41, 5.74) is 6.06. The molecule has 0 radical (unpaired) electrons. The monoisotopic (exact) mass is 178 g/mol. The first kappa shape index (κ1) is 9.81. The van der Waals surface area contributed by atoms with Crippen molar-refractivity contribution in [1.29, 1.82) is 0 Å². The Kier molecular flexibility index (Phi) is 3.53. The molecule has 0 amide bonds. The molecule has 0 aliphatic heterocycles. The third-order valence-electron chi connectivity index (χ3n) is 1.82. The molecule has 0 spiro atoms. The molecule has 1 aromatic carbocycles. The van der Waals surface area contributed by atoms with E-state index in [-0.39, 0.29) is 0 Å². The Bertz CT molecular complexity index is 305. The average Bonchev–Trinajstić information content (AvgIpc) is 2.13. The lowest BCUT2D eigenvalue weighted by Crippen LogP contribution is -2.41. The molecule has 0 fully saturated rings. The van der Waals surface area contributed by atoms with Crippen LogP contribution in [-0.4, -0.2) is 6.61 Å². The third kappa shape index (κ3) is 2.33. The minimum atomic E-state index is 0.682. The molecule has 3 N–H and O–H groups in total. The summed E-state index contributed by atoms with van der Waals surface area (Å²) in [4.78, 5) is 0. The lowest BCUT2D eigenvalue weighted by molar-refractivity contribution is -0.256. The quantitative estimate of drug-likeness (QED) is 0.755. The number of quaternary nitrogens is 1. The Morgan fingerprint density at radius 2 is 2.23 bits per heavy atom. The van der Waals surface area contributed by atoms with Gasteiger partial charge in [-0.1, -0.05) is 18.2 Å². The van der Waals surface area contributed by atoms with E-state index in [1.165, 1.54) is 0 Å². The average molecular weight is 178 g/mol. The fourth-order valence-electron chi connectivity index (χ4n) is 1.21. The Morgan fingerprint density at radius 3 is 2.85 bits per heavy atom. The smallest absolute Gasteiger partial charge is 0.180 e. The standard InChI is InChI=1S/C11H15NO/c1-3-6-9-7-5-8-10(11(9)12)13-4-2/h3,5-8H,4,12H2,1-2H3/p+1/b6-3-. The Morgan fingerprint density at radius 1 is 1.46 bits per heavy atom. The first-order chi connectivity index (χ1) is 6.29. The molecule has 70 valence electrons. The summed E-state index contributed by atoms with van der Waals surface area (Å²) >= 11 is 0. The molecule has 1 rings (SSSR count). The molecule has 0 aliphatic carbocycles. The van der Waals surface area contributed by atoms with Crippen molar-refractivity contribution >= 4 is 11.8 Å². The Labute approximate surface area is 79.0 Å². The van der Waals surface area contributed by atoms with Crippen LogP contribution in [-0.2, 0) is 0 Å². The second-order valence-electron chi connectivity index (χ2n) is 2.76. The highest BCUT2D eigenvalue weighted by Crippen LogP contribution is 2.24. The van der Waals surface area contributed by atoms with E-state index < -0.39 is 0 Å². The van der Waals surface area contributed by atoms with Gasteiger partial charge >= 0.3 is 0 Å². The summed E-state index contributed by atoms with van der Waals surface area (Å²) in [6.07, 6.45) is 4.03. The van der Waals surface area contributed by atoms with Crippen molar-refractivity contribution in [1.82, 2.24) is 0 Å². The van der Waals surface area contributed by atoms with Gasteiger partial charge in [-0.2, -0.15) is 0 Å². The lowest BCUT2D eigenvalue weighted by Gasteiger charge is -2.05. The summed E-state index contributed by atoms with van der Waals surface area (Å²) in [5.74, 6) is 0.873. The zero-order valence-corrected chi connectivity index (χ0v) is 8.21. The Hall–Kier alpha value is -1.28. The second-order valence-corrected chi connectivity index (χ2v) is 2.76. The summed E-state index contributed by atoms with van der Waals surface area (Å²) in [6.45, 7) is 4.65. The van der Waals surface area contributed by atoms with Crippen LogP contribution in [0.2, 0.25) is 0 Å². The predicted octanol–water partition coefficient (Wildman–Crippen LogP) is 1.99. The first-order valence-electron chi connectivity index (χ1n) is 4.50. The number of hydrogen-bond donors (Lipinski definition) is 1. The van der Waals surface area contributed by atoms with Crippen molar-refractivity contribution in [3.8, 4) is 5.75 Å². The van der Waals surface area contributed by atoms with Crippen LogP contribution in [0.3, 0.4) is 0 Å². The summed E-state index contributed by atoms with van der Waals surface area (Å²) in [7, 11) is 0. The molecule has 0 bridgehead atoms. The molecular formula is C11H16NO+. The molecule has 2 heteroatoms. The molecular weight excluding hydrogens is 162 g/mol. The highest BCUT2D eigenvalue weighted by molar-refractivity contribution is 5.65. The van der Waals surface area contributed by atoms with Gasteiger partial charge < -0.3 is 10.5 Å². The maximum atomic E-state index is 5.43. The number of benzene rings is 1. The fourth-order valence-corrected chi connectivity index (χ4v) is 1.21. The molecule has 0 aromatic heterocycles. The van der Waals surface area contributed by atoms with Gasteiger partial charge in [0.25, 0.3) is 0 Å². The van der Waals surface area contributed by atoms with Crippen LogP contribution < -0.4 is 10.5 Å². The number of ether oxygens (including phenoxy) is 1. The van der Waals surface area contributed by atoms with Gasteiger partial charge in [-0.05, 0) is 26.0 Å². The summed E-state index contributed by atoms with van der Waals surface area (Å²) < 4.78 is 5.43. The van der Waals surface area contributed by atoms with Crippen LogP contribution in [0, 0.1) is 0 Å². The molecule has 13 heavy (non-hydrogen) atoms. The van der Waals surface area contributed by atoms with Crippen molar-refractivity contribution in [2.45, 2.75) is 13.8 Å². The highest BCUT2D eigenvalue weighted by atomic mass is 16.5. The van der Waals surface area contributed by atoms with Crippen LogP contribution in [0.5, 0.6) is 5.75 Å². The lowest BCUT2D eigenvalue weighted by atomic mass is 10.1. The fraction of sp³-hybridized carbons (Fsp3) is 0.273. The number of allylic oxidation sites excluding steroid dienone is 1. The van der Waals surface area contributed by atoms with Crippen LogP contribution in [0.4, 0.5) is 5.69 Å². The van der Waals surface area contributed by atoms with E-state index in [0.717, 1.165) is 17.0 Å². The second kappa shape index (κ2) is 4.67. The van der Waals surface area contributed by atoms with Gasteiger partial charge in [0, 0.05) is 5.56 Å². The number of hydrogen-bond acceptors (Lipinski definition) is 1. The molecule has 0 heterocycles. The van der Waals surface area contributed by atoms with E-state index in [1.807, 2.05) is 44.2 Å². The minimum absolute atomic E-state index is 0.682. The van der Waals surface area contributed by atoms with Crippen molar-refractivity contribution in [3.63, 3.8) is 0 Å². The zero-order valence-electron chi connectivity index (χ0n) is 8.21. The van der Waals surface area contributed by atoms with Gasteiger partial charge in [0.1, 0.15) is 0 Å². The van der Waals surface area contributed by atoms with Gasteiger partial charge in [0.2, 0.25) is 0 Å². The topological polar surface area (TPSA) is 36.9 Å². The van der Waals surface area contributed by atoms with Gasteiger partial charge in [0.15, 0.2) is 11.4 Å². The third-order valence-corrected chi connectivity index (χ3v) is 1.82. The maximum absolute atomic E-state index is 5.43. The van der Waals surface area contributed by atoms with Gasteiger partial charge in [-0.3, -0.25) is 0 Å². The van der Waals surface area contributed by atoms with Gasteiger partial charge in [-0.25, -0.2) is 0 Å². The van der Waals surface area contributed by atoms with E-state index in [1.54, 1.807) is 0 Å². The van der Waals surface area contributed by atoms with Crippen LogP contribution in [0.25, 0.3) is 6.08 Å². The van der Waals surface area contributed by atoms with E-state index in [2.05, 4.69) is 5.73 Å². The van der Waals surface area contributed by atoms with Crippen LogP contribution in [0.1, 0.15) is 19.4 Å². The minimum Gasteiger partial charge on any atom is -0.488 e. The van der Waals surface area contributed by atoms with Crippen molar-refractivity contribution in [2.75, 3.05) is 6.61 Å². The van der Waals surface area contributed by atoms with E-state index >= 15 is 0 Å². The molecule has 2 nitrogen and oxygen atoms in total. The number of rotatable bonds is 3. The van der Waals surface area contributed by atoms with E-state index in [0.29, 0.717) is 6.61 Å². The SMILES string of the molecule is C/C=C\c1cccc(OCC)c1[NH3+]. The first-order valence-corrected chi connectivity index (χ1v) is 4.50. The normalized spacial score (nSPS) is 10.7. The van der Waals surface area contributed by atoms with Crippen molar-refractivity contribution in [2.24, 2.45) is 0 Å². The molecule has 0 atom stereocenters. The van der Waals surface area contributed by atoms with E-state index in [4.69, 9.17) is 4.74 Å². The van der Waals surface area contributed by atoms with E-state index in [9.17, 15) is 0 Å². The molecule has 0 aliphatic rings. The highest BCUT2D eigenvalue weighted by Gasteiger charge is 2.05. The van der Waals surface area contributed by atoms with Crippen LogP contribution >= 0.6 is 0 Å². The largest absolute Gasteiger partial charge is 0.488 e. The van der Waals surface area contributed by atoms with Crippen molar-refractivity contribution in [3.05, 3.63) is 29.8 Å². The molecule has 0 saturated carbocycles. The molecule has 0 unspecified atom stereocenters. The maximum Gasteiger partial charge on any atom is 0.180 e. The van der Waals surface area contributed by atoms with Gasteiger partial charge in [0.05, 0.1) is 6.61 Å². The summed E-state index contributed by atoms with van der Waals surface area (Å²) in [6, 6.07) is 5.96. The zero-order chi connectivity index (χ0) is 9.68.